The number of carbonyl (C=O) groups excluding carboxylic acids is 1. The number of methoxy groups -OCH3 is 1. The van der Waals surface area contributed by atoms with Crippen molar-refractivity contribution < 1.29 is 17.9 Å². The summed E-state index contributed by atoms with van der Waals surface area (Å²) in [5.74, 6) is 0.0325. The molecule has 1 unspecified atom stereocenters. The van der Waals surface area contributed by atoms with Gasteiger partial charge in [-0.3, -0.25) is 0 Å². The van der Waals surface area contributed by atoms with Crippen LogP contribution in [-0.4, -0.2) is 44.0 Å². The van der Waals surface area contributed by atoms with Gasteiger partial charge < -0.3 is 15.0 Å². The third kappa shape index (κ3) is 3.11. The Balaban J connectivity index is 1.87. The van der Waals surface area contributed by atoms with Gasteiger partial charge in [0.1, 0.15) is 5.69 Å². The molecule has 0 bridgehead atoms. The zero-order valence-corrected chi connectivity index (χ0v) is 10.9. The van der Waals surface area contributed by atoms with Crippen molar-refractivity contribution in [1.82, 2.24) is 10.3 Å². The average Bonchev–Trinajstić information content (AvgIpc) is 2.92. The van der Waals surface area contributed by atoms with Crippen molar-refractivity contribution in [3.8, 4) is 0 Å². The van der Waals surface area contributed by atoms with Gasteiger partial charge in [0.2, 0.25) is 0 Å². The molecule has 6 nitrogen and oxygen atoms in total. The Kier molecular flexibility index (Phi) is 3.72. The first-order chi connectivity index (χ1) is 8.50. The lowest BCUT2D eigenvalue weighted by molar-refractivity contribution is 0.0594. The van der Waals surface area contributed by atoms with Crippen molar-refractivity contribution in [3.05, 3.63) is 23.5 Å². The number of H-pyrrole nitrogens is 1. The first-order valence-electron chi connectivity index (χ1n) is 5.70. The topological polar surface area (TPSA) is 88.3 Å². The number of esters is 1. The molecule has 1 fully saturated rings. The Bertz CT molecular complexity index is 535. The minimum atomic E-state index is -2.86. The van der Waals surface area contributed by atoms with E-state index in [0.29, 0.717) is 18.7 Å². The lowest BCUT2D eigenvalue weighted by atomic mass is 10.2. The van der Waals surface area contributed by atoms with E-state index in [9.17, 15) is 13.2 Å². The quantitative estimate of drug-likeness (QED) is 0.758. The molecule has 0 spiro atoms. The average molecular weight is 272 g/mol. The lowest BCUT2D eigenvalue weighted by Gasteiger charge is -2.09. The molecule has 1 aliphatic heterocycles. The van der Waals surface area contributed by atoms with Crippen molar-refractivity contribution in [3.63, 3.8) is 0 Å². The third-order valence-electron chi connectivity index (χ3n) is 2.97. The Hall–Kier alpha value is -1.34. The zero-order valence-electron chi connectivity index (χ0n) is 10.1. The smallest absolute Gasteiger partial charge is 0.354 e. The number of ether oxygens (including phenoxy) is 1. The highest BCUT2D eigenvalue weighted by Gasteiger charge is 2.27. The van der Waals surface area contributed by atoms with Crippen LogP contribution in [0.5, 0.6) is 0 Å². The fraction of sp³-hybridized carbons (Fsp3) is 0.545. The molecule has 0 aliphatic carbocycles. The van der Waals surface area contributed by atoms with Gasteiger partial charge >= 0.3 is 5.97 Å². The molecule has 0 saturated carbocycles. The highest BCUT2D eigenvalue weighted by atomic mass is 32.2. The maximum atomic E-state index is 11.3. The van der Waals surface area contributed by atoms with E-state index in [0.717, 1.165) is 5.69 Å². The molecule has 1 aromatic heterocycles. The van der Waals surface area contributed by atoms with Crippen LogP contribution in [0.3, 0.4) is 0 Å². The fourth-order valence-corrected chi connectivity index (χ4v) is 3.69. The van der Waals surface area contributed by atoms with E-state index in [-0.39, 0.29) is 17.5 Å². The minimum absolute atomic E-state index is 0.000114. The van der Waals surface area contributed by atoms with Crippen LogP contribution in [0.15, 0.2) is 12.1 Å². The monoisotopic (exact) mass is 272 g/mol. The first-order valence-corrected chi connectivity index (χ1v) is 7.52. The molecule has 100 valence electrons. The van der Waals surface area contributed by atoms with Gasteiger partial charge in [-0.05, 0) is 18.6 Å². The standard InChI is InChI=1S/C11H16N2O4S/c1-17-11(14)10-3-2-8(13-10)6-12-9-4-5-18(15,16)7-9/h2-3,9,12-13H,4-7H2,1H3. The van der Waals surface area contributed by atoms with E-state index in [1.807, 2.05) is 0 Å². The predicted molar refractivity (Wildman–Crippen MR) is 66.0 cm³/mol. The molecule has 0 amide bonds. The molecule has 1 atom stereocenters. The molecular weight excluding hydrogens is 256 g/mol. The Morgan fingerprint density at radius 1 is 1.56 bits per heavy atom. The Morgan fingerprint density at radius 2 is 2.33 bits per heavy atom. The molecule has 0 aromatic carbocycles. The van der Waals surface area contributed by atoms with Crippen molar-refractivity contribution >= 4 is 15.8 Å². The van der Waals surface area contributed by atoms with Gasteiger partial charge in [0.25, 0.3) is 0 Å². The van der Waals surface area contributed by atoms with Gasteiger partial charge in [0, 0.05) is 18.3 Å². The van der Waals surface area contributed by atoms with Crippen LogP contribution in [0.25, 0.3) is 0 Å². The number of hydrogen-bond donors (Lipinski definition) is 2. The van der Waals surface area contributed by atoms with Gasteiger partial charge in [-0.2, -0.15) is 0 Å². The zero-order chi connectivity index (χ0) is 13.2. The highest BCUT2D eigenvalue weighted by molar-refractivity contribution is 7.91. The van der Waals surface area contributed by atoms with Crippen LogP contribution in [-0.2, 0) is 21.1 Å². The van der Waals surface area contributed by atoms with Crippen molar-refractivity contribution in [2.45, 2.75) is 19.0 Å². The summed E-state index contributed by atoms with van der Waals surface area (Å²) < 4.78 is 27.1. The second kappa shape index (κ2) is 5.11. The highest BCUT2D eigenvalue weighted by Crippen LogP contribution is 2.12. The number of hydrogen-bond acceptors (Lipinski definition) is 5. The molecule has 2 rings (SSSR count). The Labute approximate surface area is 106 Å². The Morgan fingerprint density at radius 3 is 2.94 bits per heavy atom. The molecule has 1 aromatic rings. The van der Waals surface area contributed by atoms with Gasteiger partial charge in [-0.25, -0.2) is 13.2 Å². The predicted octanol–water partition coefficient (Wildman–Crippen LogP) is 0.0780. The van der Waals surface area contributed by atoms with E-state index in [4.69, 9.17) is 0 Å². The number of carbonyl (C=O) groups is 1. The molecule has 2 N–H and O–H groups in total. The summed E-state index contributed by atoms with van der Waals surface area (Å²) in [5, 5.41) is 3.16. The van der Waals surface area contributed by atoms with Crippen LogP contribution >= 0.6 is 0 Å². The minimum Gasteiger partial charge on any atom is -0.464 e. The van der Waals surface area contributed by atoms with Crippen molar-refractivity contribution in [1.29, 1.82) is 0 Å². The summed E-state index contributed by atoms with van der Waals surface area (Å²) in [4.78, 5) is 14.1. The van der Waals surface area contributed by atoms with Crippen molar-refractivity contribution in [2.75, 3.05) is 18.6 Å². The van der Waals surface area contributed by atoms with Crippen LogP contribution in [0, 0.1) is 0 Å². The second-order valence-corrected chi connectivity index (χ2v) is 6.60. The SMILES string of the molecule is COC(=O)c1ccc(CNC2CCS(=O)(=O)C2)[nH]1. The van der Waals surface area contributed by atoms with E-state index < -0.39 is 15.8 Å². The van der Waals surface area contributed by atoms with Gasteiger partial charge in [-0.15, -0.1) is 0 Å². The molecule has 7 heteroatoms. The van der Waals surface area contributed by atoms with E-state index in [1.165, 1.54) is 7.11 Å². The summed E-state index contributed by atoms with van der Waals surface area (Å²) >= 11 is 0. The second-order valence-electron chi connectivity index (χ2n) is 4.37. The molecule has 18 heavy (non-hydrogen) atoms. The molecule has 2 heterocycles. The largest absolute Gasteiger partial charge is 0.464 e. The lowest BCUT2D eigenvalue weighted by Crippen LogP contribution is -2.29. The van der Waals surface area contributed by atoms with Gasteiger partial charge in [-0.1, -0.05) is 0 Å². The summed E-state index contributed by atoms with van der Waals surface area (Å²) in [6, 6.07) is 3.43. The van der Waals surface area contributed by atoms with E-state index in [1.54, 1.807) is 12.1 Å². The first kappa shape index (κ1) is 13.1. The van der Waals surface area contributed by atoms with E-state index in [2.05, 4.69) is 15.0 Å². The van der Waals surface area contributed by atoms with Crippen LogP contribution in [0.4, 0.5) is 0 Å². The number of nitrogens with one attached hydrogen (secondary N) is 2. The molecule has 1 saturated heterocycles. The molecular formula is C11H16N2O4S. The fourth-order valence-electron chi connectivity index (χ4n) is 1.98. The summed E-state index contributed by atoms with van der Waals surface area (Å²) in [6.45, 7) is 0.511. The molecule has 1 aliphatic rings. The van der Waals surface area contributed by atoms with Crippen LogP contribution < -0.4 is 5.32 Å². The number of aromatic amines is 1. The van der Waals surface area contributed by atoms with Crippen molar-refractivity contribution in [2.24, 2.45) is 0 Å². The number of aromatic nitrogens is 1. The summed E-state index contributed by atoms with van der Waals surface area (Å²) in [5.41, 5.74) is 1.23. The van der Waals surface area contributed by atoms with Crippen LogP contribution in [0.1, 0.15) is 22.6 Å². The van der Waals surface area contributed by atoms with Crippen LogP contribution in [0.2, 0.25) is 0 Å². The number of rotatable bonds is 4. The summed E-state index contributed by atoms with van der Waals surface area (Å²) in [7, 11) is -1.53. The van der Waals surface area contributed by atoms with E-state index >= 15 is 0 Å². The number of sulfone groups is 1. The van der Waals surface area contributed by atoms with Gasteiger partial charge in [0.05, 0.1) is 18.6 Å². The summed E-state index contributed by atoms with van der Waals surface area (Å²) in [6.07, 6.45) is 0.646. The molecule has 0 radical (unpaired) electrons. The maximum absolute atomic E-state index is 11.3. The van der Waals surface area contributed by atoms with Gasteiger partial charge in [0.15, 0.2) is 9.84 Å². The third-order valence-corrected chi connectivity index (χ3v) is 4.73. The maximum Gasteiger partial charge on any atom is 0.354 e. The normalized spacial score (nSPS) is 21.9.